The van der Waals surface area contributed by atoms with Crippen LogP contribution in [0.4, 0.5) is 45.2 Å². The average molecular weight is 429 g/mol. The summed E-state index contributed by atoms with van der Waals surface area (Å²) >= 11 is 0. The molecule has 0 fully saturated rings. The van der Waals surface area contributed by atoms with E-state index in [4.69, 9.17) is 0 Å². The Labute approximate surface area is 156 Å². The lowest BCUT2D eigenvalue weighted by atomic mass is 10.1. The number of rotatable bonds is 5. The summed E-state index contributed by atoms with van der Waals surface area (Å²) in [5.41, 5.74) is -4.29. The second-order valence-electron chi connectivity index (χ2n) is 5.27. The van der Waals surface area contributed by atoms with Crippen molar-refractivity contribution in [3.8, 4) is 5.75 Å². The largest absolute Gasteiger partial charge is 0.435 e. The van der Waals surface area contributed by atoms with Crippen LogP contribution in [0.5, 0.6) is 5.75 Å². The van der Waals surface area contributed by atoms with Crippen molar-refractivity contribution in [1.29, 1.82) is 0 Å². The molecule has 0 spiro atoms. The molecule has 0 atom stereocenters. The van der Waals surface area contributed by atoms with Crippen molar-refractivity contribution in [2.45, 2.75) is 12.8 Å². The molecule has 0 aromatic heterocycles. The molecule has 1 N–H and O–H groups in total. The van der Waals surface area contributed by atoms with E-state index < -0.39 is 53.2 Å². The van der Waals surface area contributed by atoms with Gasteiger partial charge in [0, 0.05) is 6.08 Å². The number of carbonyl (C=O) groups is 1. The fourth-order valence-corrected chi connectivity index (χ4v) is 2.09. The van der Waals surface area contributed by atoms with Crippen molar-refractivity contribution >= 4 is 17.7 Å². The van der Waals surface area contributed by atoms with Gasteiger partial charge in [-0.2, -0.15) is 22.0 Å². The van der Waals surface area contributed by atoms with E-state index >= 15 is 0 Å². The molecule has 3 nitrogen and oxygen atoms in total. The molecule has 0 aliphatic carbocycles. The SMILES string of the molecule is O=C(C=Cc1ccc(OC(F)F)cc1)Nc1c(F)c(F)c(C(F)(F)F)c(F)c1F. The summed E-state index contributed by atoms with van der Waals surface area (Å²) < 4.78 is 120. The second-order valence-corrected chi connectivity index (χ2v) is 5.27. The molecule has 2 rings (SSSR count). The van der Waals surface area contributed by atoms with Crippen LogP contribution in [0.25, 0.3) is 6.08 Å². The number of hydrogen-bond donors (Lipinski definition) is 1. The lowest BCUT2D eigenvalue weighted by Crippen LogP contribution is -2.19. The van der Waals surface area contributed by atoms with Crippen LogP contribution in [0, 0.1) is 23.3 Å². The predicted octanol–water partition coefficient (Wildman–Crippen LogP) is 5.52. The first kappa shape index (κ1) is 22.1. The van der Waals surface area contributed by atoms with E-state index in [0.717, 1.165) is 18.2 Å². The summed E-state index contributed by atoms with van der Waals surface area (Å²) in [6.07, 6.45) is -4.05. The zero-order valence-electron chi connectivity index (χ0n) is 13.8. The summed E-state index contributed by atoms with van der Waals surface area (Å²) in [4.78, 5) is 11.7. The fourth-order valence-electron chi connectivity index (χ4n) is 2.09. The van der Waals surface area contributed by atoms with Crippen LogP contribution >= 0.6 is 0 Å². The van der Waals surface area contributed by atoms with Gasteiger partial charge in [-0.15, -0.1) is 0 Å². The van der Waals surface area contributed by atoms with Crippen molar-refractivity contribution in [2.24, 2.45) is 0 Å². The van der Waals surface area contributed by atoms with E-state index in [1.807, 2.05) is 0 Å². The van der Waals surface area contributed by atoms with E-state index in [-0.39, 0.29) is 11.3 Å². The molecule has 0 aliphatic rings. The normalized spacial score (nSPS) is 11.9. The maximum absolute atomic E-state index is 13.7. The van der Waals surface area contributed by atoms with Crippen LogP contribution in [0.2, 0.25) is 0 Å². The Hall–Kier alpha value is -3.18. The lowest BCUT2D eigenvalue weighted by molar-refractivity contribution is -0.143. The van der Waals surface area contributed by atoms with Crippen LogP contribution in [0.15, 0.2) is 30.3 Å². The summed E-state index contributed by atoms with van der Waals surface area (Å²) in [6, 6.07) is 4.67. The quantitative estimate of drug-likeness (QED) is 0.387. The minimum Gasteiger partial charge on any atom is -0.435 e. The molecule has 0 heterocycles. The Morgan fingerprint density at radius 1 is 0.931 bits per heavy atom. The number of amides is 1. The Morgan fingerprint density at radius 3 is 1.90 bits per heavy atom. The smallest absolute Gasteiger partial charge is 0.422 e. The Bertz CT molecular complexity index is 908. The van der Waals surface area contributed by atoms with Crippen molar-refractivity contribution in [1.82, 2.24) is 0 Å². The third-order valence-corrected chi connectivity index (χ3v) is 3.33. The first-order valence-corrected chi connectivity index (χ1v) is 7.39. The van der Waals surface area contributed by atoms with Gasteiger partial charge in [0.1, 0.15) is 17.0 Å². The van der Waals surface area contributed by atoms with E-state index in [0.29, 0.717) is 6.08 Å². The highest BCUT2D eigenvalue weighted by molar-refractivity contribution is 6.02. The maximum Gasteiger partial charge on any atom is 0.422 e. The highest BCUT2D eigenvalue weighted by Crippen LogP contribution is 2.38. The maximum atomic E-state index is 13.7. The van der Waals surface area contributed by atoms with Gasteiger partial charge in [-0.1, -0.05) is 12.1 Å². The zero-order valence-corrected chi connectivity index (χ0v) is 13.8. The zero-order chi connectivity index (χ0) is 21.9. The molecule has 0 saturated carbocycles. The van der Waals surface area contributed by atoms with Gasteiger partial charge in [-0.25, -0.2) is 17.6 Å². The minimum absolute atomic E-state index is 0.193. The summed E-state index contributed by atoms with van der Waals surface area (Å²) in [5, 5.41) is 1.40. The van der Waals surface area contributed by atoms with Crippen molar-refractivity contribution in [3.05, 3.63) is 64.7 Å². The fraction of sp³-hybridized carbons (Fsp3) is 0.118. The molecule has 156 valence electrons. The molecular weight excluding hydrogens is 421 g/mol. The molecule has 0 saturated heterocycles. The average Bonchev–Trinajstić information content (AvgIpc) is 2.61. The van der Waals surface area contributed by atoms with Crippen LogP contribution in [0.3, 0.4) is 0 Å². The second kappa shape index (κ2) is 8.45. The number of anilines is 1. The van der Waals surface area contributed by atoms with Gasteiger partial charge in [-0.05, 0) is 23.8 Å². The number of nitrogens with one attached hydrogen (secondary N) is 1. The molecular formula is C17H8F9NO2. The van der Waals surface area contributed by atoms with Gasteiger partial charge < -0.3 is 10.1 Å². The standard InChI is InChI=1S/C17H8F9NO2/c18-11-10(17(24,25)26)12(19)14(21)15(13(11)20)27-9(28)6-3-7-1-4-8(5-2-7)29-16(22)23/h1-6,16H,(H,27,28). The molecule has 12 heteroatoms. The van der Waals surface area contributed by atoms with Crippen molar-refractivity contribution in [3.63, 3.8) is 0 Å². The molecule has 0 aliphatic heterocycles. The predicted molar refractivity (Wildman–Crippen MR) is 82.0 cm³/mol. The van der Waals surface area contributed by atoms with Crippen LogP contribution in [0.1, 0.15) is 11.1 Å². The van der Waals surface area contributed by atoms with Gasteiger partial charge in [0.05, 0.1) is 0 Å². The molecule has 2 aromatic carbocycles. The van der Waals surface area contributed by atoms with E-state index in [2.05, 4.69) is 4.74 Å². The number of carbonyl (C=O) groups excluding carboxylic acids is 1. The number of ether oxygens (including phenoxy) is 1. The number of benzene rings is 2. The molecule has 0 unspecified atom stereocenters. The van der Waals surface area contributed by atoms with E-state index in [9.17, 15) is 44.3 Å². The minimum atomic E-state index is -5.71. The number of hydrogen-bond acceptors (Lipinski definition) is 2. The topological polar surface area (TPSA) is 38.3 Å². The van der Waals surface area contributed by atoms with Crippen molar-refractivity contribution in [2.75, 3.05) is 5.32 Å². The Balaban J connectivity index is 2.22. The third-order valence-electron chi connectivity index (χ3n) is 3.33. The van der Waals surface area contributed by atoms with E-state index in [1.165, 1.54) is 17.4 Å². The van der Waals surface area contributed by atoms with Gasteiger partial charge in [-0.3, -0.25) is 4.79 Å². The molecule has 2 aromatic rings. The first-order chi connectivity index (χ1) is 13.4. The molecule has 0 radical (unpaired) electrons. The number of halogens is 9. The lowest BCUT2D eigenvalue weighted by Gasteiger charge is -2.14. The monoisotopic (exact) mass is 429 g/mol. The summed E-state index contributed by atoms with van der Waals surface area (Å²) in [7, 11) is 0. The van der Waals surface area contributed by atoms with Crippen LogP contribution < -0.4 is 10.1 Å². The van der Waals surface area contributed by atoms with Gasteiger partial charge in [0.15, 0.2) is 23.3 Å². The molecule has 0 bridgehead atoms. The summed E-state index contributed by atoms with van der Waals surface area (Å²) in [6.45, 7) is -3.06. The van der Waals surface area contributed by atoms with Crippen LogP contribution in [-0.2, 0) is 11.0 Å². The first-order valence-electron chi connectivity index (χ1n) is 7.39. The Kier molecular flexibility index (Phi) is 6.44. The van der Waals surface area contributed by atoms with E-state index in [1.54, 1.807) is 0 Å². The molecule has 29 heavy (non-hydrogen) atoms. The highest BCUT2D eigenvalue weighted by atomic mass is 19.4. The number of alkyl halides is 5. The highest BCUT2D eigenvalue weighted by Gasteiger charge is 2.42. The summed E-state index contributed by atoms with van der Waals surface area (Å²) in [5.74, 6) is -11.8. The molecule has 1 amide bonds. The van der Waals surface area contributed by atoms with Gasteiger partial charge in [0.25, 0.3) is 0 Å². The van der Waals surface area contributed by atoms with Gasteiger partial charge >= 0.3 is 12.8 Å². The van der Waals surface area contributed by atoms with Crippen molar-refractivity contribution < 1.29 is 49.0 Å². The Morgan fingerprint density at radius 2 is 1.45 bits per heavy atom. The third kappa shape index (κ3) is 5.21. The van der Waals surface area contributed by atoms with Crippen LogP contribution in [-0.4, -0.2) is 12.5 Å². The van der Waals surface area contributed by atoms with Gasteiger partial charge in [0.2, 0.25) is 5.91 Å².